The zero-order valence-electron chi connectivity index (χ0n) is 23.5. The number of phenols is 2. The van der Waals surface area contributed by atoms with Crippen molar-refractivity contribution in [3.63, 3.8) is 0 Å². The molecule has 0 amide bonds. The molecule has 0 aliphatic rings. The molecule has 0 heterocycles. The first-order valence-corrected chi connectivity index (χ1v) is 14.3. The summed E-state index contributed by atoms with van der Waals surface area (Å²) in [4.78, 5) is 12.4. The number of unbranched alkanes of at least 4 members (excludes halogenated alkanes) is 13. The summed E-state index contributed by atoms with van der Waals surface area (Å²) in [6.45, 7) is 6.31. The van der Waals surface area contributed by atoms with Crippen molar-refractivity contribution in [2.75, 3.05) is 13.7 Å². The van der Waals surface area contributed by atoms with E-state index in [1.807, 2.05) is 12.1 Å². The minimum absolute atomic E-state index is 0.0285. The Morgan fingerprint density at radius 2 is 1.16 bits per heavy atom. The predicted molar refractivity (Wildman–Crippen MR) is 152 cm³/mol. The van der Waals surface area contributed by atoms with Crippen LogP contribution in [0.15, 0.2) is 24.3 Å². The Morgan fingerprint density at radius 1 is 0.703 bits per heavy atom. The van der Waals surface area contributed by atoms with Crippen molar-refractivity contribution in [2.45, 2.75) is 111 Å². The lowest BCUT2D eigenvalue weighted by atomic mass is 9.92. The van der Waals surface area contributed by atoms with Gasteiger partial charge in [-0.3, -0.25) is 0 Å². The van der Waals surface area contributed by atoms with E-state index in [-0.39, 0.29) is 22.6 Å². The van der Waals surface area contributed by atoms with Gasteiger partial charge in [0.2, 0.25) is 0 Å². The Bertz CT molecular complexity index is 949. The highest BCUT2D eigenvalue weighted by Gasteiger charge is 2.26. The monoisotopic (exact) mass is 512 g/mol. The molecular weight excluding hydrogens is 464 g/mol. The molecule has 0 atom stereocenters. The molecule has 0 aliphatic carbocycles. The summed E-state index contributed by atoms with van der Waals surface area (Å²) in [5.74, 6) is -0.156. The summed E-state index contributed by atoms with van der Waals surface area (Å²) in [6, 6.07) is 7.23. The molecule has 2 N–H and O–H groups in total. The van der Waals surface area contributed by atoms with Crippen LogP contribution in [0.1, 0.15) is 118 Å². The number of rotatable bonds is 18. The van der Waals surface area contributed by atoms with Crippen LogP contribution in [-0.4, -0.2) is 29.9 Å². The van der Waals surface area contributed by atoms with Crippen LogP contribution in [0.2, 0.25) is 0 Å². The van der Waals surface area contributed by atoms with Crippen LogP contribution in [-0.2, 0) is 4.74 Å². The fourth-order valence-corrected chi connectivity index (χ4v) is 4.75. The molecule has 206 valence electrons. The van der Waals surface area contributed by atoms with Gasteiger partial charge < -0.3 is 19.7 Å². The molecule has 0 fully saturated rings. The van der Waals surface area contributed by atoms with Crippen LogP contribution in [0.3, 0.4) is 0 Å². The quantitative estimate of drug-likeness (QED) is 0.118. The summed E-state index contributed by atoms with van der Waals surface area (Å²) in [5.41, 5.74) is 1.83. The van der Waals surface area contributed by atoms with Crippen molar-refractivity contribution in [3.8, 4) is 28.4 Å². The third-order valence-corrected chi connectivity index (χ3v) is 7.30. The molecule has 0 radical (unpaired) electrons. The van der Waals surface area contributed by atoms with E-state index in [0.717, 1.165) is 12.2 Å². The van der Waals surface area contributed by atoms with E-state index < -0.39 is 5.97 Å². The van der Waals surface area contributed by atoms with Gasteiger partial charge in [-0.25, -0.2) is 4.79 Å². The van der Waals surface area contributed by atoms with E-state index in [0.29, 0.717) is 23.3 Å². The molecule has 0 spiro atoms. The van der Waals surface area contributed by atoms with Crippen molar-refractivity contribution in [1.82, 2.24) is 0 Å². The van der Waals surface area contributed by atoms with Crippen LogP contribution >= 0.6 is 0 Å². The van der Waals surface area contributed by atoms with Crippen LogP contribution in [0.25, 0.3) is 11.1 Å². The van der Waals surface area contributed by atoms with Gasteiger partial charge in [0, 0.05) is 5.56 Å². The molecule has 0 bridgehead atoms. The lowest BCUT2D eigenvalue weighted by Gasteiger charge is -2.17. The molecular formula is C32H48O5. The first kappa shape index (κ1) is 30.5. The molecule has 2 rings (SSSR count). The Hall–Kier alpha value is -2.69. The lowest BCUT2D eigenvalue weighted by molar-refractivity contribution is 0.0597. The second-order valence-corrected chi connectivity index (χ2v) is 10.2. The number of carbonyl (C=O) groups excluding carboxylic acids is 1. The molecule has 0 unspecified atom stereocenters. The summed E-state index contributed by atoms with van der Waals surface area (Å²) in [7, 11) is 1.26. The van der Waals surface area contributed by atoms with Crippen molar-refractivity contribution in [2.24, 2.45) is 0 Å². The third kappa shape index (κ3) is 9.60. The van der Waals surface area contributed by atoms with Crippen LogP contribution < -0.4 is 4.74 Å². The van der Waals surface area contributed by atoms with Gasteiger partial charge in [0.1, 0.15) is 22.8 Å². The normalized spacial score (nSPS) is 11.0. The maximum absolute atomic E-state index is 12.4. The number of aromatic hydroxyl groups is 2. The summed E-state index contributed by atoms with van der Waals surface area (Å²) >= 11 is 0. The number of ether oxygens (including phenoxy) is 2. The molecule has 0 aromatic heterocycles. The SMILES string of the molecule is CCCCCCCCCCCCCCCCOc1ccc(-c2c(O)c(C)c(C)c(O)c2C(=O)OC)cc1. The zero-order chi connectivity index (χ0) is 27.0. The largest absolute Gasteiger partial charge is 0.507 e. The maximum Gasteiger partial charge on any atom is 0.342 e. The summed E-state index contributed by atoms with van der Waals surface area (Å²) in [5, 5.41) is 21.3. The third-order valence-electron chi connectivity index (χ3n) is 7.30. The molecule has 5 nitrogen and oxygen atoms in total. The first-order valence-electron chi connectivity index (χ1n) is 14.3. The van der Waals surface area contributed by atoms with Crippen molar-refractivity contribution >= 4 is 5.97 Å². The minimum atomic E-state index is -0.691. The highest BCUT2D eigenvalue weighted by Crippen LogP contribution is 2.43. The van der Waals surface area contributed by atoms with E-state index in [9.17, 15) is 15.0 Å². The van der Waals surface area contributed by atoms with E-state index in [2.05, 4.69) is 6.92 Å². The number of phenolic OH excluding ortho intramolecular Hbond substituents is 2. The van der Waals surface area contributed by atoms with Gasteiger partial charge in [-0.1, -0.05) is 103 Å². The molecule has 2 aromatic carbocycles. The Kier molecular flexibility index (Phi) is 14.0. The van der Waals surface area contributed by atoms with Crippen LogP contribution in [0.5, 0.6) is 17.2 Å². The predicted octanol–water partition coefficient (Wildman–Crippen LogP) is 9.03. The van der Waals surface area contributed by atoms with Gasteiger partial charge in [0.15, 0.2) is 0 Å². The Labute approximate surface area is 224 Å². The standard InChI is InChI=1S/C32H48O5/c1-5-6-7-8-9-10-11-12-13-14-15-16-17-18-23-37-27-21-19-26(20-22-27)28-29(32(35)36-4)31(34)25(3)24(2)30(28)33/h19-22,33-34H,5-18,23H2,1-4H3. The zero-order valence-corrected chi connectivity index (χ0v) is 23.5. The van der Waals surface area contributed by atoms with Crippen molar-refractivity contribution in [1.29, 1.82) is 0 Å². The fraction of sp³-hybridized carbons (Fsp3) is 0.594. The number of carbonyl (C=O) groups is 1. The Balaban J connectivity index is 1.70. The average Bonchev–Trinajstić information content (AvgIpc) is 2.91. The number of hydrogen-bond acceptors (Lipinski definition) is 5. The number of hydrogen-bond donors (Lipinski definition) is 2. The Morgan fingerprint density at radius 3 is 1.65 bits per heavy atom. The molecule has 0 saturated carbocycles. The highest BCUT2D eigenvalue weighted by molar-refractivity contribution is 6.02. The fourth-order valence-electron chi connectivity index (χ4n) is 4.75. The lowest BCUT2D eigenvalue weighted by Crippen LogP contribution is -2.06. The first-order chi connectivity index (χ1) is 17.9. The van der Waals surface area contributed by atoms with E-state index >= 15 is 0 Å². The van der Waals surface area contributed by atoms with Crippen LogP contribution in [0.4, 0.5) is 0 Å². The van der Waals surface area contributed by atoms with Crippen molar-refractivity contribution in [3.05, 3.63) is 41.0 Å². The number of methoxy groups -OCH3 is 1. The maximum atomic E-state index is 12.4. The molecule has 5 heteroatoms. The molecule has 37 heavy (non-hydrogen) atoms. The summed E-state index contributed by atoms with van der Waals surface area (Å²) in [6.07, 6.45) is 18.6. The highest BCUT2D eigenvalue weighted by atomic mass is 16.5. The minimum Gasteiger partial charge on any atom is -0.507 e. The van der Waals surface area contributed by atoms with Crippen LogP contribution in [0, 0.1) is 13.8 Å². The van der Waals surface area contributed by atoms with E-state index in [4.69, 9.17) is 9.47 Å². The van der Waals surface area contributed by atoms with Gasteiger partial charge in [-0.05, 0) is 49.1 Å². The second-order valence-electron chi connectivity index (χ2n) is 10.2. The molecule has 0 saturated heterocycles. The van der Waals surface area contributed by atoms with Gasteiger partial charge >= 0.3 is 5.97 Å². The van der Waals surface area contributed by atoms with Gasteiger partial charge in [-0.2, -0.15) is 0 Å². The van der Waals surface area contributed by atoms with Gasteiger partial charge in [0.25, 0.3) is 0 Å². The van der Waals surface area contributed by atoms with E-state index in [1.165, 1.54) is 90.6 Å². The van der Waals surface area contributed by atoms with Crippen molar-refractivity contribution < 1.29 is 24.5 Å². The number of benzene rings is 2. The second kappa shape index (κ2) is 16.9. The van der Waals surface area contributed by atoms with Gasteiger partial charge in [-0.15, -0.1) is 0 Å². The number of esters is 1. The van der Waals surface area contributed by atoms with E-state index in [1.54, 1.807) is 26.0 Å². The molecule has 0 aliphatic heterocycles. The van der Waals surface area contributed by atoms with Gasteiger partial charge in [0.05, 0.1) is 13.7 Å². The average molecular weight is 513 g/mol. The topological polar surface area (TPSA) is 76.0 Å². The summed E-state index contributed by atoms with van der Waals surface area (Å²) < 4.78 is 10.8. The molecule has 2 aromatic rings. The smallest absolute Gasteiger partial charge is 0.342 e.